The number of aromatic nitrogens is 2. The van der Waals surface area contributed by atoms with E-state index in [-0.39, 0.29) is 24.4 Å². The van der Waals surface area contributed by atoms with Gasteiger partial charge in [0.05, 0.1) is 12.1 Å². The van der Waals surface area contributed by atoms with E-state index in [0.717, 1.165) is 22.4 Å². The van der Waals surface area contributed by atoms with E-state index in [1.165, 1.54) is 11.8 Å². The first-order chi connectivity index (χ1) is 15.8. The minimum Gasteiger partial charge on any atom is -0.322 e. The summed E-state index contributed by atoms with van der Waals surface area (Å²) in [6, 6.07) is 13.4. The van der Waals surface area contributed by atoms with Crippen molar-refractivity contribution in [3.63, 3.8) is 0 Å². The van der Waals surface area contributed by atoms with Gasteiger partial charge in [0, 0.05) is 29.9 Å². The average molecular weight is 464 g/mol. The second kappa shape index (κ2) is 11.6. The Balaban J connectivity index is 1.65. The Morgan fingerprint density at radius 2 is 1.73 bits per heavy atom. The zero-order valence-corrected chi connectivity index (χ0v) is 20.1. The van der Waals surface area contributed by atoms with Crippen LogP contribution in [0.4, 0.5) is 11.5 Å². The molecule has 0 aliphatic rings. The molecule has 0 atom stereocenters. The van der Waals surface area contributed by atoms with Crippen LogP contribution in [0.25, 0.3) is 0 Å². The Hall–Kier alpha value is -3.23. The molecule has 0 unspecified atom stereocenters. The van der Waals surface area contributed by atoms with Crippen LogP contribution in [0.1, 0.15) is 40.9 Å². The van der Waals surface area contributed by atoms with Crippen molar-refractivity contribution < 1.29 is 9.59 Å². The third-order valence-electron chi connectivity index (χ3n) is 4.63. The number of rotatable bonds is 9. The highest BCUT2D eigenvalue weighted by atomic mass is 32.2. The first-order valence-corrected chi connectivity index (χ1v) is 11.7. The quantitative estimate of drug-likeness (QED) is 0.402. The van der Waals surface area contributed by atoms with Crippen LogP contribution in [0.15, 0.2) is 59.9 Å². The van der Waals surface area contributed by atoms with Gasteiger partial charge in [-0.05, 0) is 66.9 Å². The van der Waals surface area contributed by atoms with Crippen molar-refractivity contribution in [1.82, 2.24) is 15.3 Å². The normalized spacial score (nSPS) is 10.8. The molecule has 2 heterocycles. The summed E-state index contributed by atoms with van der Waals surface area (Å²) < 4.78 is 0. The van der Waals surface area contributed by atoms with Crippen LogP contribution < -0.4 is 16.0 Å². The Morgan fingerprint density at radius 3 is 2.45 bits per heavy atom. The second-order valence-corrected chi connectivity index (χ2v) is 9.07. The van der Waals surface area contributed by atoms with Crippen molar-refractivity contribution >= 4 is 35.1 Å². The number of hydrogen-bond acceptors (Lipinski definition) is 6. The molecule has 0 saturated carbocycles. The summed E-state index contributed by atoms with van der Waals surface area (Å²) in [5.41, 5.74) is 4.43. The SMILES string of the molecule is Cc1cc(C)cc(NC(=O)c2cccnc2SCc2ccnc(NC(=O)CNC(C)C)c2)c1. The first kappa shape index (κ1) is 24.4. The summed E-state index contributed by atoms with van der Waals surface area (Å²) in [5.74, 6) is 0.737. The number of thioether (sulfide) groups is 1. The molecule has 3 N–H and O–H groups in total. The molecule has 0 saturated heterocycles. The Bertz CT molecular complexity index is 1110. The maximum atomic E-state index is 12.9. The number of nitrogens with zero attached hydrogens (tertiary/aromatic N) is 2. The number of benzene rings is 1. The van der Waals surface area contributed by atoms with Crippen molar-refractivity contribution in [3.05, 3.63) is 77.1 Å². The summed E-state index contributed by atoms with van der Waals surface area (Å²) in [7, 11) is 0. The third-order valence-corrected chi connectivity index (χ3v) is 5.71. The molecule has 33 heavy (non-hydrogen) atoms. The molecule has 0 bridgehead atoms. The van der Waals surface area contributed by atoms with Crippen LogP contribution in [0.5, 0.6) is 0 Å². The number of pyridine rings is 2. The van der Waals surface area contributed by atoms with Gasteiger partial charge in [-0.25, -0.2) is 9.97 Å². The summed E-state index contributed by atoms with van der Waals surface area (Å²) in [4.78, 5) is 33.6. The Labute approximate surface area is 198 Å². The number of nitrogens with one attached hydrogen (secondary N) is 3. The van der Waals surface area contributed by atoms with Gasteiger partial charge in [0.1, 0.15) is 10.8 Å². The average Bonchev–Trinajstić information content (AvgIpc) is 2.76. The van der Waals surface area contributed by atoms with Gasteiger partial charge >= 0.3 is 0 Å². The molecule has 0 aliphatic heterocycles. The largest absolute Gasteiger partial charge is 0.322 e. The molecular weight excluding hydrogens is 434 g/mol. The zero-order valence-electron chi connectivity index (χ0n) is 19.3. The van der Waals surface area contributed by atoms with Gasteiger partial charge in [0.25, 0.3) is 5.91 Å². The molecule has 0 fully saturated rings. The minimum atomic E-state index is -0.198. The lowest BCUT2D eigenvalue weighted by molar-refractivity contribution is -0.115. The van der Waals surface area contributed by atoms with Crippen LogP contribution >= 0.6 is 11.8 Å². The molecule has 8 heteroatoms. The lowest BCUT2D eigenvalue weighted by Gasteiger charge is -2.11. The summed E-state index contributed by atoms with van der Waals surface area (Å²) in [5, 5.41) is 9.49. The van der Waals surface area contributed by atoms with E-state index in [2.05, 4.69) is 32.0 Å². The number of amides is 2. The van der Waals surface area contributed by atoms with Crippen molar-refractivity contribution in [2.24, 2.45) is 0 Å². The lowest BCUT2D eigenvalue weighted by Crippen LogP contribution is -2.32. The number of carbonyl (C=O) groups is 2. The molecule has 7 nitrogen and oxygen atoms in total. The van der Waals surface area contributed by atoms with E-state index < -0.39 is 0 Å². The molecule has 2 amide bonds. The van der Waals surface area contributed by atoms with Gasteiger partial charge in [-0.3, -0.25) is 9.59 Å². The molecule has 0 spiro atoms. The minimum absolute atomic E-state index is 0.143. The van der Waals surface area contributed by atoms with Crippen LogP contribution in [0.2, 0.25) is 0 Å². The fraction of sp³-hybridized carbons (Fsp3) is 0.280. The van der Waals surface area contributed by atoms with E-state index in [1.54, 1.807) is 24.5 Å². The molecular formula is C25H29N5O2S. The monoisotopic (exact) mass is 463 g/mol. The fourth-order valence-corrected chi connectivity index (χ4v) is 4.13. The standard InChI is InChI=1S/C25H29N5O2S/c1-16(2)28-14-23(31)30-22-13-19(7-9-26-22)15-33-25-21(6-5-8-27-25)24(32)29-20-11-17(3)10-18(4)12-20/h5-13,16,28H,14-15H2,1-4H3,(H,29,32)(H,26,30,31). The van der Waals surface area contributed by atoms with Crippen molar-refractivity contribution in [2.75, 3.05) is 17.2 Å². The van der Waals surface area contributed by atoms with E-state index in [1.807, 2.05) is 52.0 Å². The smallest absolute Gasteiger partial charge is 0.258 e. The molecule has 0 aliphatic carbocycles. The molecule has 2 aromatic heterocycles. The Morgan fingerprint density at radius 1 is 0.970 bits per heavy atom. The predicted octanol–water partition coefficient (Wildman–Crippen LogP) is 4.57. The number of hydrogen-bond donors (Lipinski definition) is 3. The van der Waals surface area contributed by atoms with Gasteiger partial charge in [0.15, 0.2) is 0 Å². The maximum absolute atomic E-state index is 12.9. The highest BCUT2D eigenvalue weighted by Gasteiger charge is 2.14. The lowest BCUT2D eigenvalue weighted by atomic mass is 10.1. The topological polar surface area (TPSA) is 96.0 Å². The van der Waals surface area contributed by atoms with Crippen LogP contribution in [0.3, 0.4) is 0 Å². The number of aryl methyl sites for hydroxylation is 2. The van der Waals surface area contributed by atoms with Gasteiger partial charge in [-0.15, -0.1) is 11.8 Å². The van der Waals surface area contributed by atoms with Crippen LogP contribution in [0, 0.1) is 13.8 Å². The van der Waals surface area contributed by atoms with Crippen LogP contribution in [-0.2, 0) is 10.5 Å². The number of carbonyl (C=O) groups excluding carboxylic acids is 2. The van der Waals surface area contributed by atoms with Gasteiger partial charge in [-0.2, -0.15) is 0 Å². The molecule has 0 radical (unpaired) electrons. The number of anilines is 2. The zero-order chi connectivity index (χ0) is 23.8. The third kappa shape index (κ3) is 7.69. The van der Waals surface area contributed by atoms with Crippen molar-refractivity contribution in [1.29, 1.82) is 0 Å². The fourth-order valence-electron chi connectivity index (χ4n) is 3.19. The first-order valence-electron chi connectivity index (χ1n) is 10.8. The highest BCUT2D eigenvalue weighted by Crippen LogP contribution is 2.26. The van der Waals surface area contributed by atoms with Gasteiger partial charge in [0.2, 0.25) is 5.91 Å². The van der Waals surface area contributed by atoms with Crippen molar-refractivity contribution in [3.8, 4) is 0 Å². The van der Waals surface area contributed by atoms with Gasteiger partial charge < -0.3 is 16.0 Å². The van der Waals surface area contributed by atoms with E-state index in [4.69, 9.17) is 0 Å². The summed E-state index contributed by atoms with van der Waals surface area (Å²) in [6.45, 7) is 8.20. The maximum Gasteiger partial charge on any atom is 0.258 e. The summed E-state index contributed by atoms with van der Waals surface area (Å²) in [6.07, 6.45) is 3.34. The molecule has 172 valence electrons. The highest BCUT2D eigenvalue weighted by molar-refractivity contribution is 7.98. The van der Waals surface area contributed by atoms with Gasteiger partial charge in [-0.1, -0.05) is 19.9 Å². The molecule has 3 aromatic rings. The Kier molecular flexibility index (Phi) is 8.57. The summed E-state index contributed by atoms with van der Waals surface area (Å²) >= 11 is 1.46. The van der Waals surface area contributed by atoms with E-state index in [9.17, 15) is 9.59 Å². The molecule has 1 aromatic carbocycles. The van der Waals surface area contributed by atoms with E-state index >= 15 is 0 Å². The van der Waals surface area contributed by atoms with Crippen molar-refractivity contribution in [2.45, 2.75) is 44.5 Å². The molecule has 3 rings (SSSR count). The van der Waals surface area contributed by atoms with Crippen LogP contribution in [-0.4, -0.2) is 34.4 Å². The predicted molar refractivity (Wildman–Crippen MR) is 134 cm³/mol. The second-order valence-electron chi connectivity index (χ2n) is 8.11. The van der Waals surface area contributed by atoms with E-state index in [0.29, 0.717) is 22.2 Å².